The van der Waals surface area contributed by atoms with Gasteiger partial charge in [0.2, 0.25) is 0 Å². The van der Waals surface area contributed by atoms with Gasteiger partial charge in [-0.1, -0.05) is 18.2 Å². The average molecular weight is 228 g/mol. The molecule has 3 nitrogen and oxygen atoms in total. The van der Waals surface area contributed by atoms with Gasteiger partial charge in [0.05, 0.1) is 18.7 Å². The minimum absolute atomic E-state index is 0.758. The van der Waals surface area contributed by atoms with Crippen LogP contribution in [0.4, 0.5) is 0 Å². The maximum atomic E-state index is 5.68. The normalized spacial score (nSPS) is 19.1. The van der Waals surface area contributed by atoms with Gasteiger partial charge in [0.15, 0.2) is 0 Å². The zero-order valence-corrected chi connectivity index (χ0v) is 9.83. The summed E-state index contributed by atoms with van der Waals surface area (Å²) in [5.74, 6) is 0. The molecular formula is C14H16N2O. The largest absolute Gasteiger partial charge is 0.375 e. The lowest BCUT2D eigenvalue weighted by Gasteiger charge is -2.16. The number of ether oxygens (including phenoxy) is 1. The van der Waals surface area contributed by atoms with Gasteiger partial charge in [-0.3, -0.25) is 0 Å². The van der Waals surface area contributed by atoms with Gasteiger partial charge in [-0.2, -0.15) is 0 Å². The topological polar surface area (TPSA) is 26.2 Å². The molecular weight excluding hydrogens is 212 g/mol. The number of fused-ring (bicyclic) bond motifs is 3. The first-order valence-corrected chi connectivity index (χ1v) is 6.35. The fraction of sp³-hybridized carbons (Fsp3) is 0.429. The molecule has 1 aromatic carbocycles. The van der Waals surface area contributed by atoms with Gasteiger partial charge >= 0.3 is 0 Å². The second-order valence-corrected chi connectivity index (χ2v) is 4.87. The minimum atomic E-state index is 0.758. The van der Waals surface area contributed by atoms with Crippen molar-refractivity contribution in [3.05, 3.63) is 35.0 Å². The van der Waals surface area contributed by atoms with E-state index in [1.807, 2.05) is 0 Å². The average Bonchev–Trinajstić information content (AvgIpc) is 2.56. The first kappa shape index (κ1) is 9.68. The zero-order valence-electron chi connectivity index (χ0n) is 9.83. The van der Waals surface area contributed by atoms with E-state index in [4.69, 9.17) is 4.74 Å². The van der Waals surface area contributed by atoms with E-state index in [1.54, 1.807) is 0 Å². The van der Waals surface area contributed by atoms with E-state index in [0.29, 0.717) is 0 Å². The molecule has 3 heterocycles. The van der Waals surface area contributed by atoms with Gasteiger partial charge in [0.25, 0.3) is 0 Å². The van der Waals surface area contributed by atoms with E-state index in [-0.39, 0.29) is 0 Å². The van der Waals surface area contributed by atoms with Crippen molar-refractivity contribution < 1.29 is 4.74 Å². The van der Waals surface area contributed by atoms with Crippen LogP contribution in [0.1, 0.15) is 16.8 Å². The number of rotatable bonds is 0. The van der Waals surface area contributed by atoms with E-state index < -0.39 is 0 Å². The monoisotopic (exact) mass is 228 g/mol. The van der Waals surface area contributed by atoms with Crippen molar-refractivity contribution in [1.29, 1.82) is 0 Å². The third kappa shape index (κ3) is 1.30. The Kier molecular flexibility index (Phi) is 2.04. The van der Waals surface area contributed by atoms with Crippen molar-refractivity contribution in [2.75, 3.05) is 13.2 Å². The van der Waals surface area contributed by atoms with Crippen LogP contribution in [-0.2, 0) is 30.9 Å². The Labute approximate surface area is 100 Å². The molecule has 0 aliphatic carbocycles. The Bertz CT molecular complexity index is 585. The van der Waals surface area contributed by atoms with Crippen LogP contribution >= 0.6 is 0 Å². The van der Waals surface area contributed by atoms with Crippen LogP contribution in [0.5, 0.6) is 0 Å². The molecule has 0 saturated heterocycles. The second-order valence-electron chi connectivity index (χ2n) is 4.87. The summed E-state index contributed by atoms with van der Waals surface area (Å²) in [6.07, 6.45) is 1.14. The number of hydrogen-bond acceptors (Lipinski definition) is 2. The molecule has 0 amide bonds. The molecule has 2 aliphatic heterocycles. The lowest BCUT2D eigenvalue weighted by atomic mass is 10.0. The SMILES string of the molecule is c1cc2c3c(c1)c1c(n3CCOC2)CCNC1. The van der Waals surface area contributed by atoms with Crippen molar-refractivity contribution in [3.63, 3.8) is 0 Å². The summed E-state index contributed by atoms with van der Waals surface area (Å²) in [7, 11) is 0. The number of nitrogens with zero attached hydrogens (tertiary/aromatic N) is 1. The smallest absolute Gasteiger partial charge is 0.0738 e. The molecule has 0 spiro atoms. The van der Waals surface area contributed by atoms with E-state index in [0.717, 1.165) is 39.3 Å². The standard InChI is InChI=1S/C14H16N2O/c1-2-10-9-17-7-6-16-13-4-5-15-8-12(13)11(3-1)14(10)16/h1-3,15H,4-9H2. The number of aromatic nitrogens is 1. The highest BCUT2D eigenvalue weighted by Crippen LogP contribution is 2.32. The molecule has 0 radical (unpaired) electrons. The van der Waals surface area contributed by atoms with Gasteiger partial charge in [-0.15, -0.1) is 0 Å². The molecule has 3 heteroatoms. The van der Waals surface area contributed by atoms with Gasteiger partial charge in [-0.25, -0.2) is 0 Å². The molecule has 88 valence electrons. The second kappa shape index (κ2) is 3.59. The summed E-state index contributed by atoms with van der Waals surface area (Å²) in [5, 5.41) is 4.91. The van der Waals surface area contributed by atoms with E-state index in [2.05, 4.69) is 28.1 Å². The Morgan fingerprint density at radius 3 is 3.29 bits per heavy atom. The van der Waals surface area contributed by atoms with Crippen molar-refractivity contribution in [2.45, 2.75) is 26.1 Å². The van der Waals surface area contributed by atoms with Crippen LogP contribution in [0.3, 0.4) is 0 Å². The Hall–Kier alpha value is -1.32. The third-order valence-corrected chi connectivity index (χ3v) is 3.95. The zero-order chi connectivity index (χ0) is 11.2. The van der Waals surface area contributed by atoms with Gasteiger partial charge in [0, 0.05) is 42.7 Å². The molecule has 0 atom stereocenters. The summed E-state index contributed by atoms with van der Waals surface area (Å²) in [4.78, 5) is 0. The molecule has 0 fully saturated rings. The highest BCUT2D eigenvalue weighted by atomic mass is 16.5. The fourth-order valence-electron chi connectivity index (χ4n) is 3.21. The van der Waals surface area contributed by atoms with Crippen LogP contribution in [-0.4, -0.2) is 17.7 Å². The van der Waals surface area contributed by atoms with E-state index in [9.17, 15) is 0 Å². The number of benzene rings is 1. The Morgan fingerprint density at radius 2 is 2.29 bits per heavy atom. The first-order chi connectivity index (χ1) is 8.45. The van der Waals surface area contributed by atoms with Crippen LogP contribution in [0, 0.1) is 0 Å². The molecule has 0 bridgehead atoms. The summed E-state index contributed by atoms with van der Waals surface area (Å²) in [5.41, 5.74) is 5.79. The summed E-state index contributed by atoms with van der Waals surface area (Å²) >= 11 is 0. The molecule has 4 rings (SSSR count). The number of nitrogens with one attached hydrogen (secondary N) is 1. The molecule has 1 aromatic heterocycles. The fourth-order valence-corrected chi connectivity index (χ4v) is 3.21. The van der Waals surface area contributed by atoms with Crippen molar-refractivity contribution in [3.8, 4) is 0 Å². The molecule has 0 saturated carbocycles. The molecule has 0 unspecified atom stereocenters. The van der Waals surface area contributed by atoms with Crippen LogP contribution in [0.2, 0.25) is 0 Å². The summed E-state index contributed by atoms with van der Waals surface area (Å²) < 4.78 is 8.17. The predicted octanol–water partition coefficient (Wildman–Crippen LogP) is 1.82. The molecule has 17 heavy (non-hydrogen) atoms. The predicted molar refractivity (Wildman–Crippen MR) is 67.0 cm³/mol. The molecule has 2 aromatic rings. The summed E-state index contributed by atoms with van der Waals surface area (Å²) in [6.45, 7) is 4.71. The van der Waals surface area contributed by atoms with Crippen LogP contribution < -0.4 is 5.32 Å². The summed E-state index contributed by atoms with van der Waals surface area (Å²) in [6, 6.07) is 6.61. The van der Waals surface area contributed by atoms with Gasteiger partial charge in [0.1, 0.15) is 0 Å². The van der Waals surface area contributed by atoms with Crippen molar-refractivity contribution in [1.82, 2.24) is 9.88 Å². The minimum Gasteiger partial charge on any atom is -0.375 e. The van der Waals surface area contributed by atoms with Crippen LogP contribution in [0.15, 0.2) is 18.2 Å². The third-order valence-electron chi connectivity index (χ3n) is 3.95. The molecule has 1 N–H and O–H groups in total. The van der Waals surface area contributed by atoms with Crippen LogP contribution in [0.25, 0.3) is 10.9 Å². The number of hydrogen-bond donors (Lipinski definition) is 1. The molecule has 2 aliphatic rings. The maximum absolute atomic E-state index is 5.68. The van der Waals surface area contributed by atoms with Crippen molar-refractivity contribution >= 4 is 10.9 Å². The first-order valence-electron chi connectivity index (χ1n) is 6.35. The van der Waals surface area contributed by atoms with Crippen molar-refractivity contribution in [2.24, 2.45) is 0 Å². The van der Waals surface area contributed by atoms with Gasteiger partial charge in [-0.05, 0) is 5.56 Å². The van der Waals surface area contributed by atoms with E-state index in [1.165, 1.54) is 27.7 Å². The van der Waals surface area contributed by atoms with Gasteiger partial charge < -0.3 is 14.6 Å². The Balaban J connectivity index is 2.11. The highest BCUT2D eigenvalue weighted by molar-refractivity contribution is 5.88. The van der Waals surface area contributed by atoms with E-state index >= 15 is 0 Å². The highest BCUT2D eigenvalue weighted by Gasteiger charge is 2.22. The maximum Gasteiger partial charge on any atom is 0.0738 e. The lowest BCUT2D eigenvalue weighted by molar-refractivity contribution is 0.119. The Morgan fingerprint density at radius 1 is 1.29 bits per heavy atom. The lowest BCUT2D eigenvalue weighted by Crippen LogP contribution is -2.25. The quantitative estimate of drug-likeness (QED) is 0.744. The number of para-hydroxylation sites is 1.